The third-order valence-electron chi connectivity index (χ3n) is 10.1. The number of hydrogen-bond acceptors (Lipinski definition) is 5. The minimum atomic E-state index is -4.73. The van der Waals surface area contributed by atoms with Crippen LogP contribution in [0.15, 0.2) is 30.9 Å². The highest BCUT2D eigenvalue weighted by Gasteiger charge is 2.61. The number of fused-ring (bicyclic) bond motifs is 5. The first-order valence-electron chi connectivity index (χ1n) is 13.4. The van der Waals surface area contributed by atoms with E-state index in [9.17, 15) is 22.8 Å². The number of carbonyl (C=O) groups is 2. The molecule has 7 nitrogen and oxygen atoms in total. The molecule has 0 aromatic carbocycles. The number of rotatable bonds is 4. The molecule has 208 valence electrons. The van der Waals surface area contributed by atoms with Crippen LogP contribution in [0, 0.1) is 34.5 Å². The summed E-state index contributed by atoms with van der Waals surface area (Å²) in [5.41, 5.74) is -0.394. The molecule has 2 amide bonds. The van der Waals surface area contributed by atoms with Gasteiger partial charge in [0.1, 0.15) is 6.33 Å². The Bertz CT molecular complexity index is 1130. The Morgan fingerprint density at radius 2 is 2.00 bits per heavy atom. The second-order valence-corrected chi connectivity index (χ2v) is 12.4. The summed E-state index contributed by atoms with van der Waals surface area (Å²) < 4.78 is 48.1. The van der Waals surface area contributed by atoms with E-state index in [0.717, 1.165) is 32.1 Å². The largest absolute Gasteiger partial charge is 0.455 e. The highest BCUT2D eigenvalue weighted by atomic mass is 32.1. The Morgan fingerprint density at radius 1 is 1.24 bits per heavy atom. The summed E-state index contributed by atoms with van der Waals surface area (Å²) in [4.78, 5) is 29.2. The van der Waals surface area contributed by atoms with E-state index in [-0.39, 0.29) is 39.8 Å². The summed E-state index contributed by atoms with van der Waals surface area (Å²) in [6.45, 7) is 5.69. The summed E-state index contributed by atoms with van der Waals surface area (Å²) in [5, 5.41) is 5.41. The van der Waals surface area contributed by atoms with Crippen molar-refractivity contribution in [2.75, 3.05) is 0 Å². The normalized spacial score (nSPS) is 37.7. The van der Waals surface area contributed by atoms with Gasteiger partial charge in [0.05, 0.1) is 6.04 Å². The summed E-state index contributed by atoms with van der Waals surface area (Å²) >= 11 is 5.02. The number of amides is 2. The molecular formula is C27H35F3N4O3S. The molecule has 0 spiro atoms. The minimum Gasteiger partial charge on any atom is -0.455 e. The molecule has 38 heavy (non-hydrogen) atoms. The number of imidazole rings is 1. The lowest BCUT2D eigenvalue weighted by Gasteiger charge is -2.58. The maximum Gasteiger partial charge on any atom is 0.427 e. The number of aromatic nitrogens is 2. The lowest BCUT2D eigenvalue weighted by atomic mass is 9.48. The van der Waals surface area contributed by atoms with E-state index >= 15 is 0 Å². The van der Waals surface area contributed by atoms with E-state index in [1.165, 1.54) is 30.2 Å². The highest BCUT2D eigenvalue weighted by molar-refractivity contribution is 7.80. The quantitative estimate of drug-likeness (QED) is 0.542. The first-order valence-corrected chi connectivity index (χ1v) is 13.8. The summed E-state index contributed by atoms with van der Waals surface area (Å²) in [5.74, 6) is 0.396. The number of nitrogens with one attached hydrogen (secondary N) is 2. The van der Waals surface area contributed by atoms with Crippen molar-refractivity contribution in [3.63, 3.8) is 0 Å². The van der Waals surface area contributed by atoms with Crippen LogP contribution in [0.4, 0.5) is 13.2 Å². The van der Waals surface area contributed by atoms with Gasteiger partial charge in [-0.15, -0.1) is 0 Å². The number of thiocarbonyl (C=S) groups is 1. The third-order valence-corrected chi connectivity index (χ3v) is 10.4. The van der Waals surface area contributed by atoms with Crippen LogP contribution >= 0.6 is 12.2 Å². The molecule has 9 atom stereocenters. The molecule has 4 unspecified atom stereocenters. The van der Waals surface area contributed by atoms with Crippen molar-refractivity contribution in [3.05, 3.63) is 30.9 Å². The smallest absolute Gasteiger partial charge is 0.427 e. The van der Waals surface area contributed by atoms with Crippen molar-refractivity contribution in [1.29, 1.82) is 0 Å². The van der Waals surface area contributed by atoms with Gasteiger partial charge < -0.3 is 15.4 Å². The monoisotopic (exact) mass is 552 g/mol. The van der Waals surface area contributed by atoms with Gasteiger partial charge >= 0.3 is 6.18 Å². The van der Waals surface area contributed by atoms with E-state index in [1.807, 2.05) is 0 Å². The summed E-state index contributed by atoms with van der Waals surface area (Å²) in [6.07, 6.45) is 5.96. The van der Waals surface area contributed by atoms with Crippen molar-refractivity contribution in [1.82, 2.24) is 20.2 Å². The van der Waals surface area contributed by atoms with Crippen molar-refractivity contribution < 1.29 is 27.5 Å². The molecule has 4 aliphatic rings. The zero-order chi connectivity index (χ0) is 27.5. The Morgan fingerprint density at radius 3 is 2.68 bits per heavy atom. The second-order valence-electron chi connectivity index (χ2n) is 12.0. The predicted octanol–water partition coefficient (Wildman–Crippen LogP) is 4.38. The molecule has 3 fully saturated rings. The van der Waals surface area contributed by atoms with E-state index in [0.29, 0.717) is 24.2 Å². The van der Waals surface area contributed by atoms with Crippen LogP contribution in [0.3, 0.4) is 0 Å². The molecule has 1 aromatic heterocycles. The lowest BCUT2D eigenvalue weighted by molar-refractivity contribution is -0.206. The van der Waals surface area contributed by atoms with Gasteiger partial charge in [0.2, 0.25) is 17.9 Å². The van der Waals surface area contributed by atoms with Crippen LogP contribution in [0.1, 0.15) is 59.3 Å². The van der Waals surface area contributed by atoms with Crippen LogP contribution < -0.4 is 10.6 Å². The van der Waals surface area contributed by atoms with Gasteiger partial charge in [-0.3, -0.25) is 14.2 Å². The van der Waals surface area contributed by atoms with Crippen LogP contribution in [0.25, 0.3) is 0 Å². The zero-order valence-corrected chi connectivity index (χ0v) is 22.6. The second kappa shape index (κ2) is 9.64. The van der Waals surface area contributed by atoms with Crippen LogP contribution in [0.2, 0.25) is 0 Å². The number of halogens is 3. The van der Waals surface area contributed by atoms with Gasteiger partial charge in [0.15, 0.2) is 0 Å². The average molecular weight is 553 g/mol. The molecule has 1 aliphatic heterocycles. The first kappa shape index (κ1) is 27.1. The average Bonchev–Trinajstić information content (AvgIpc) is 3.50. The van der Waals surface area contributed by atoms with Gasteiger partial charge in [-0.1, -0.05) is 19.9 Å². The molecular weight excluding hydrogens is 517 g/mol. The van der Waals surface area contributed by atoms with Crippen molar-refractivity contribution >= 4 is 29.2 Å². The molecule has 11 heteroatoms. The number of ether oxygens (including phenoxy) is 1. The molecule has 2 N–H and O–H groups in total. The molecule has 2 heterocycles. The van der Waals surface area contributed by atoms with Crippen molar-refractivity contribution in [3.8, 4) is 0 Å². The van der Waals surface area contributed by atoms with Crippen LogP contribution in [-0.2, 0) is 14.3 Å². The maximum atomic E-state index is 13.9. The molecule has 0 radical (unpaired) electrons. The SMILES string of the molecule is CC(NC(=O)C1CC[C@H]2[C@@H]3CCC4NC(=O)C=C[C@]4(C)[C@@H]3CC[C@]12C)C(OC(=S)n1ccnc1)C(F)(F)F. The predicted molar refractivity (Wildman–Crippen MR) is 138 cm³/mol. The summed E-state index contributed by atoms with van der Waals surface area (Å²) in [6, 6.07) is -1.20. The molecule has 5 rings (SSSR count). The fourth-order valence-electron chi connectivity index (χ4n) is 8.15. The fourth-order valence-corrected chi connectivity index (χ4v) is 8.37. The minimum absolute atomic E-state index is 0.0368. The highest BCUT2D eigenvalue weighted by Crippen LogP contribution is 2.65. The molecule has 0 bridgehead atoms. The first-order chi connectivity index (χ1) is 17.8. The van der Waals surface area contributed by atoms with E-state index in [4.69, 9.17) is 17.0 Å². The standard InChI is InChI=1S/C27H35F3N4O3S/c1-15(22(27(28,29)30)37-24(38)34-13-12-31-14-34)32-23(36)19-6-5-17-16-4-7-20-26(3,11-9-21(35)33-20)18(16)8-10-25(17,19)2/h9,11-20,22H,4-8,10H2,1-3H3,(H,32,36)(H,33,35)/t15?,16-,17-,18+,19?,20?,22?,25-,26+/m0/s1. The summed E-state index contributed by atoms with van der Waals surface area (Å²) in [7, 11) is 0. The Hall–Kier alpha value is -2.43. The van der Waals surface area contributed by atoms with E-state index < -0.39 is 18.3 Å². The van der Waals surface area contributed by atoms with Gasteiger partial charge in [-0.05, 0) is 86.9 Å². The molecule has 0 saturated heterocycles. The number of alkyl halides is 3. The van der Waals surface area contributed by atoms with Crippen molar-refractivity contribution in [2.24, 2.45) is 34.5 Å². The van der Waals surface area contributed by atoms with Gasteiger partial charge in [-0.2, -0.15) is 13.2 Å². The fraction of sp³-hybridized carbons (Fsp3) is 0.704. The van der Waals surface area contributed by atoms with Crippen LogP contribution in [-0.4, -0.2) is 50.9 Å². The van der Waals surface area contributed by atoms with Crippen LogP contribution in [0.5, 0.6) is 0 Å². The third kappa shape index (κ3) is 4.54. The van der Waals surface area contributed by atoms with Gasteiger partial charge in [0, 0.05) is 29.8 Å². The number of carbonyl (C=O) groups excluding carboxylic acids is 2. The van der Waals surface area contributed by atoms with E-state index in [2.05, 4.69) is 35.5 Å². The molecule has 3 saturated carbocycles. The Kier molecular flexibility index (Phi) is 6.89. The Balaban J connectivity index is 1.29. The van der Waals surface area contributed by atoms with Gasteiger partial charge in [-0.25, -0.2) is 4.98 Å². The van der Waals surface area contributed by atoms with Gasteiger partial charge in [0.25, 0.3) is 5.17 Å². The van der Waals surface area contributed by atoms with Crippen molar-refractivity contribution in [2.45, 2.75) is 83.7 Å². The number of nitrogens with zero attached hydrogens (tertiary/aromatic N) is 2. The molecule has 3 aliphatic carbocycles. The number of hydrogen-bond donors (Lipinski definition) is 2. The maximum absolute atomic E-state index is 13.9. The molecule has 1 aromatic rings. The lowest BCUT2D eigenvalue weighted by Crippen LogP contribution is -2.60. The topological polar surface area (TPSA) is 85.3 Å². The zero-order valence-electron chi connectivity index (χ0n) is 21.8. The Labute approximate surface area is 226 Å². The van der Waals surface area contributed by atoms with E-state index in [1.54, 1.807) is 6.08 Å².